The average Bonchev–Trinajstić information content (AvgIpc) is 2.67. The number of nitrogens with zero attached hydrogens (tertiary/aromatic N) is 1. The third kappa shape index (κ3) is 5.55. The summed E-state index contributed by atoms with van der Waals surface area (Å²) in [7, 11) is 0. The maximum Gasteiger partial charge on any atom is 0.0660 e. The first-order valence-corrected chi connectivity index (χ1v) is 9.53. The molecule has 2 aromatic rings. The second-order valence-corrected chi connectivity index (χ2v) is 6.60. The molecule has 2 aromatic carbocycles. The summed E-state index contributed by atoms with van der Waals surface area (Å²) in [5.74, 6) is 0. The van der Waals surface area contributed by atoms with Crippen LogP contribution in [0.1, 0.15) is 37.5 Å². The molecule has 0 radical (unpaired) electrons. The number of hydrogen-bond donors (Lipinski definition) is 1. The van der Waals surface area contributed by atoms with E-state index in [1.165, 1.54) is 11.1 Å². The number of hydrogen-bond acceptors (Lipinski definition) is 2. The van der Waals surface area contributed by atoms with Gasteiger partial charge in [-0.3, -0.25) is 4.99 Å². The van der Waals surface area contributed by atoms with Crippen molar-refractivity contribution in [3.8, 4) is 0 Å². The largest absolute Gasteiger partial charge is 0.356 e. The topological polar surface area (TPSA) is 24.4 Å². The quantitative estimate of drug-likeness (QED) is 0.390. The minimum Gasteiger partial charge on any atom is -0.356 e. The van der Waals surface area contributed by atoms with Crippen molar-refractivity contribution in [2.45, 2.75) is 40.5 Å². The number of aryl methyl sites for hydroxylation is 3. The van der Waals surface area contributed by atoms with Crippen molar-refractivity contribution in [2.24, 2.45) is 4.99 Å². The first kappa shape index (κ1) is 20.4. The highest BCUT2D eigenvalue weighted by Gasteiger charge is 2.03. The molecule has 0 atom stereocenters. The van der Waals surface area contributed by atoms with E-state index < -0.39 is 0 Å². The van der Waals surface area contributed by atoms with E-state index in [1.54, 1.807) is 12.3 Å². The molecule has 27 heavy (non-hydrogen) atoms. The van der Waals surface area contributed by atoms with Gasteiger partial charge in [0.15, 0.2) is 0 Å². The van der Waals surface area contributed by atoms with Gasteiger partial charge >= 0.3 is 0 Å². The molecule has 0 aromatic heterocycles. The van der Waals surface area contributed by atoms with Crippen molar-refractivity contribution in [1.82, 2.24) is 0 Å². The van der Waals surface area contributed by atoms with Crippen molar-refractivity contribution in [3.63, 3.8) is 0 Å². The normalized spacial score (nSPS) is 11.6. The fraction of sp³-hybridized carbons (Fsp3) is 0.240. The third-order valence-corrected chi connectivity index (χ3v) is 4.62. The van der Waals surface area contributed by atoms with Crippen LogP contribution in [0.2, 0.25) is 0 Å². The van der Waals surface area contributed by atoms with Crippen LogP contribution in [0.3, 0.4) is 0 Å². The molecule has 140 valence electrons. The Balaban J connectivity index is 2.20. The van der Waals surface area contributed by atoms with Gasteiger partial charge in [0.1, 0.15) is 0 Å². The molecule has 1 N–H and O–H groups in total. The molecular weight excluding hydrogens is 328 g/mol. The molecule has 2 nitrogen and oxygen atoms in total. The van der Waals surface area contributed by atoms with Crippen LogP contribution in [0.4, 0.5) is 17.1 Å². The van der Waals surface area contributed by atoms with Gasteiger partial charge in [-0.15, -0.1) is 0 Å². The number of rotatable bonds is 8. The fourth-order valence-corrected chi connectivity index (χ4v) is 2.94. The Bertz CT molecular complexity index is 863. The predicted molar refractivity (Wildman–Crippen MR) is 121 cm³/mol. The highest BCUT2D eigenvalue weighted by molar-refractivity contribution is 5.87. The van der Waals surface area contributed by atoms with Gasteiger partial charge < -0.3 is 5.32 Å². The van der Waals surface area contributed by atoms with Gasteiger partial charge in [-0.25, -0.2) is 0 Å². The Hall–Kier alpha value is -2.87. The summed E-state index contributed by atoms with van der Waals surface area (Å²) in [6.45, 7) is 16.3. The molecule has 0 aliphatic rings. The Morgan fingerprint density at radius 1 is 1.04 bits per heavy atom. The Kier molecular flexibility index (Phi) is 7.36. The molecule has 0 unspecified atom stereocenters. The second-order valence-electron chi connectivity index (χ2n) is 6.60. The van der Waals surface area contributed by atoms with Crippen LogP contribution in [0.25, 0.3) is 0 Å². The number of nitrogens with one attached hydrogen (secondary N) is 1. The zero-order chi connectivity index (χ0) is 19.8. The molecule has 0 aliphatic carbocycles. The SMILES string of the molecule is C=C/C(=C\C)C(=C)/C=N\c1ccc(Nc2cc(CC)cc(CC)c2)cc1C. The van der Waals surface area contributed by atoms with Gasteiger partial charge in [-0.2, -0.15) is 0 Å². The van der Waals surface area contributed by atoms with Gasteiger partial charge in [0.2, 0.25) is 0 Å². The summed E-state index contributed by atoms with van der Waals surface area (Å²) in [6.07, 6.45) is 7.65. The highest BCUT2D eigenvalue weighted by Crippen LogP contribution is 2.26. The van der Waals surface area contributed by atoms with Crippen molar-refractivity contribution < 1.29 is 0 Å². The molecular formula is C25H30N2. The lowest BCUT2D eigenvalue weighted by Crippen LogP contribution is -1.95. The molecule has 0 bridgehead atoms. The zero-order valence-corrected chi connectivity index (χ0v) is 17.0. The molecule has 0 amide bonds. The minimum absolute atomic E-state index is 0.859. The Morgan fingerprint density at radius 3 is 2.22 bits per heavy atom. The first-order chi connectivity index (χ1) is 13.0. The van der Waals surface area contributed by atoms with Crippen LogP contribution in [0.15, 0.2) is 77.8 Å². The first-order valence-electron chi connectivity index (χ1n) is 9.53. The highest BCUT2D eigenvalue weighted by atomic mass is 14.9. The monoisotopic (exact) mass is 358 g/mol. The van der Waals surface area contributed by atoms with Crippen molar-refractivity contribution >= 4 is 23.3 Å². The Morgan fingerprint density at radius 2 is 1.70 bits per heavy atom. The lowest BCUT2D eigenvalue weighted by Gasteiger charge is -2.12. The maximum absolute atomic E-state index is 4.58. The predicted octanol–water partition coefficient (Wildman–Crippen LogP) is 7.25. The van der Waals surface area contributed by atoms with Crippen molar-refractivity contribution in [1.29, 1.82) is 0 Å². The lowest BCUT2D eigenvalue weighted by molar-refractivity contribution is 1.09. The van der Waals surface area contributed by atoms with Crippen LogP contribution in [0.5, 0.6) is 0 Å². The number of aliphatic imine (C=N–C) groups is 1. The number of allylic oxidation sites excluding steroid dienone is 4. The van der Waals surface area contributed by atoms with Crippen LogP contribution in [-0.4, -0.2) is 6.21 Å². The molecule has 0 spiro atoms. The summed E-state index contributed by atoms with van der Waals surface area (Å²) >= 11 is 0. The van der Waals surface area contributed by atoms with E-state index in [-0.39, 0.29) is 0 Å². The third-order valence-electron chi connectivity index (χ3n) is 4.62. The zero-order valence-electron chi connectivity index (χ0n) is 17.0. The van der Waals surface area contributed by atoms with E-state index in [1.807, 2.05) is 19.1 Å². The summed E-state index contributed by atoms with van der Waals surface area (Å²) in [4.78, 5) is 4.58. The molecule has 2 rings (SSSR count). The average molecular weight is 359 g/mol. The van der Waals surface area contributed by atoms with Gasteiger partial charge in [0.25, 0.3) is 0 Å². The van der Waals surface area contributed by atoms with E-state index >= 15 is 0 Å². The van der Waals surface area contributed by atoms with Gasteiger partial charge in [0.05, 0.1) is 5.69 Å². The standard InChI is InChI=1S/C25H30N2/c1-7-20-14-21(8-2)16-24(15-20)27-23-11-12-25(18(5)13-23)26-17-19(6)22(9-3)10-4/h9-17,27H,3,6-8H2,1-2,4-5H3/b22-10+,26-17-. The number of anilines is 2. The lowest BCUT2D eigenvalue weighted by atomic mass is 10.1. The van der Waals surface area contributed by atoms with Crippen LogP contribution >= 0.6 is 0 Å². The minimum atomic E-state index is 0.859. The van der Waals surface area contributed by atoms with E-state index in [9.17, 15) is 0 Å². The Labute approximate surface area is 164 Å². The fourth-order valence-electron chi connectivity index (χ4n) is 2.94. The summed E-state index contributed by atoms with van der Waals surface area (Å²) in [5, 5.41) is 3.53. The van der Waals surface area contributed by atoms with Crippen molar-refractivity contribution in [3.05, 3.63) is 89.5 Å². The molecule has 2 heteroatoms. The summed E-state index contributed by atoms with van der Waals surface area (Å²) < 4.78 is 0. The molecule has 0 fully saturated rings. The maximum atomic E-state index is 4.58. The molecule has 0 heterocycles. The molecule has 0 saturated heterocycles. The van der Waals surface area contributed by atoms with E-state index in [4.69, 9.17) is 0 Å². The van der Waals surface area contributed by atoms with Crippen LogP contribution in [-0.2, 0) is 12.8 Å². The summed E-state index contributed by atoms with van der Waals surface area (Å²) in [5.41, 5.74) is 8.84. The summed E-state index contributed by atoms with van der Waals surface area (Å²) in [6, 6.07) is 13.0. The molecule has 0 aliphatic heterocycles. The smallest absolute Gasteiger partial charge is 0.0660 e. The van der Waals surface area contributed by atoms with Crippen LogP contribution in [0, 0.1) is 6.92 Å². The molecule has 0 saturated carbocycles. The van der Waals surface area contributed by atoms with E-state index in [0.29, 0.717) is 0 Å². The van der Waals surface area contributed by atoms with Gasteiger partial charge in [-0.05, 0) is 84.9 Å². The number of benzene rings is 2. The van der Waals surface area contributed by atoms with Gasteiger partial charge in [-0.1, -0.05) is 45.2 Å². The van der Waals surface area contributed by atoms with E-state index in [2.05, 4.69) is 74.6 Å². The van der Waals surface area contributed by atoms with Crippen molar-refractivity contribution in [2.75, 3.05) is 5.32 Å². The van der Waals surface area contributed by atoms with E-state index in [0.717, 1.165) is 46.6 Å². The van der Waals surface area contributed by atoms with Gasteiger partial charge in [0, 0.05) is 17.6 Å². The van der Waals surface area contributed by atoms with Crippen LogP contribution < -0.4 is 5.32 Å². The second kappa shape index (κ2) is 9.72.